The fourth-order valence-corrected chi connectivity index (χ4v) is 2.29. The Hall–Kier alpha value is -2.40. The van der Waals surface area contributed by atoms with E-state index in [4.69, 9.17) is 5.73 Å². The standard InChI is InChI=1S/C16H19N3O2/c1-12-5-3-4-6-14(12)11-18(2)10-13-7-8-15(17)16(9-13)19(20)21/h3-9H,10-11,17H2,1-2H3. The van der Waals surface area contributed by atoms with Crippen LogP contribution in [0.1, 0.15) is 16.7 Å². The first kappa shape index (κ1) is 15.0. The maximum Gasteiger partial charge on any atom is 0.292 e. The third-order valence-corrected chi connectivity index (χ3v) is 3.45. The number of hydrogen-bond donors (Lipinski definition) is 1. The van der Waals surface area contributed by atoms with Gasteiger partial charge in [0.05, 0.1) is 4.92 Å². The van der Waals surface area contributed by atoms with Crippen molar-refractivity contribution in [1.29, 1.82) is 0 Å². The lowest BCUT2D eigenvalue weighted by Crippen LogP contribution is -2.18. The molecular formula is C16H19N3O2. The average Bonchev–Trinajstić information content (AvgIpc) is 2.43. The van der Waals surface area contributed by atoms with Gasteiger partial charge in [-0.05, 0) is 36.7 Å². The number of nitrogens with two attached hydrogens (primary N) is 1. The van der Waals surface area contributed by atoms with E-state index in [1.54, 1.807) is 12.1 Å². The monoisotopic (exact) mass is 285 g/mol. The van der Waals surface area contributed by atoms with E-state index >= 15 is 0 Å². The van der Waals surface area contributed by atoms with E-state index in [0.717, 1.165) is 12.1 Å². The molecule has 0 amide bonds. The van der Waals surface area contributed by atoms with Crippen LogP contribution in [0.4, 0.5) is 11.4 Å². The first-order valence-corrected chi connectivity index (χ1v) is 6.73. The highest BCUT2D eigenvalue weighted by molar-refractivity contribution is 5.59. The molecule has 0 saturated carbocycles. The molecule has 0 aliphatic carbocycles. The fraction of sp³-hybridized carbons (Fsp3) is 0.250. The molecule has 0 aliphatic heterocycles. The van der Waals surface area contributed by atoms with Crippen molar-refractivity contribution in [3.05, 3.63) is 69.3 Å². The van der Waals surface area contributed by atoms with E-state index in [1.807, 2.05) is 25.2 Å². The van der Waals surface area contributed by atoms with Crippen LogP contribution in [0.25, 0.3) is 0 Å². The summed E-state index contributed by atoms with van der Waals surface area (Å²) in [6.07, 6.45) is 0. The molecule has 0 radical (unpaired) electrons. The number of rotatable bonds is 5. The van der Waals surface area contributed by atoms with Crippen molar-refractivity contribution in [3.8, 4) is 0 Å². The highest BCUT2D eigenvalue weighted by Crippen LogP contribution is 2.23. The Kier molecular flexibility index (Phi) is 4.55. The van der Waals surface area contributed by atoms with Crippen LogP contribution >= 0.6 is 0 Å². The summed E-state index contributed by atoms with van der Waals surface area (Å²) in [4.78, 5) is 12.6. The molecule has 0 spiro atoms. The minimum absolute atomic E-state index is 0.0307. The van der Waals surface area contributed by atoms with Crippen LogP contribution in [0.5, 0.6) is 0 Å². The topological polar surface area (TPSA) is 72.4 Å². The Morgan fingerprint density at radius 2 is 1.90 bits per heavy atom. The van der Waals surface area contributed by atoms with E-state index in [0.29, 0.717) is 6.54 Å². The van der Waals surface area contributed by atoms with Crippen LogP contribution < -0.4 is 5.73 Å². The maximum atomic E-state index is 10.9. The minimum Gasteiger partial charge on any atom is -0.393 e. The van der Waals surface area contributed by atoms with E-state index in [-0.39, 0.29) is 11.4 Å². The van der Waals surface area contributed by atoms with Crippen LogP contribution in [0.3, 0.4) is 0 Å². The second-order valence-corrected chi connectivity index (χ2v) is 5.25. The van der Waals surface area contributed by atoms with E-state index in [2.05, 4.69) is 24.0 Å². The van der Waals surface area contributed by atoms with Gasteiger partial charge in [0.15, 0.2) is 0 Å². The van der Waals surface area contributed by atoms with Gasteiger partial charge in [-0.1, -0.05) is 30.3 Å². The molecule has 0 aliphatic rings. The van der Waals surface area contributed by atoms with Crippen molar-refractivity contribution in [2.24, 2.45) is 0 Å². The van der Waals surface area contributed by atoms with Gasteiger partial charge in [-0.25, -0.2) is 0 Å². The van der Waals surface area contributed by atoms with Crippen LogP contribution in [0.15, 0.2) is 42.5 Å². The molecular weight excluding hydrogens is 266 g/mol. The van der Waals surface area contributed by atoms with Gasteiger partial charge in [-0.3, -0.25) is 15.0 Å². The van der Waals surface area contributed by atoms with Gasteiger partial charge in [-0.2, -0.15) is 0 Å². The summed E-state index contributed by atoms with van der Waals surface area (Å²) >= 11 is 0. The van der Waals surface area contributed by atoms with Crippen molar-refractivity contribution >= 4 is 11.4 Å². The summed E-state index contributed by atoms with van der Waals surface area (Å²) < 4.78 is 0. The Labute approximate surface area is 124 Å². The summed E-state index contributed by atoms with van der Waals surface area (Å²) in [6, 6.07) is 13.2. The summed E-state index contributed by atoms with van der Waals surface area (Å²) in [6.45, 7) is 3.51. The number of nitro groups is 1. The van der Waals surface area contributed by atoms with Gasteiger partial charge in [0.1, 0.15) is 5.69 Å². The molecule has 0 atom stereocenters. The Morgan fingerprint density at radius 3 is 2.57 bits per heavy atom. The van der Waals surface area contributed by atoms with Gasteiger partial charge in [0.2, 0.25) is 0 Å². The van der Waals surface area contributed by atoms with Crippen molar-refractivity contribution in [2.45, 2.75) is 20.0 Å². The van der Waals surface area contributed by atoms with Crippen LogP contribution in [-0.4, -0.2) is 16.9 Å². The third kappa shape index (κ3) is 3.79. The molecule has 0 fully saturated rings. The van der Waals surface area contributed by atoms with Crippen molar-refractivity contribution < 1.29 is 4.92 Å². The number of hydrogen-bond acceptors (Lipinski definition) is 4. The van der Waals surface area contributed by atoms with E-state index < -0.39 is 4.92 Å². The number of nitrogens with zero attached hydrogens (tertiary/aromatic N) is 2. The molecule has 5 heteroatoms. The molecule has 5 nitrogen and oxygen atoms in total. The second-order valence-electron chi connectivity index (χ2n) is 5.25. The number of nitro benzene ring substituents is 1. The maximum absolute atomic E-state index is 10.9. The molecule has 2 rings (SSSR count). The van der Waals surface area contributed by atoms with Crippen molar-refractivity contribution in [3.63, 3.8) is 0 Å². The SMILES string of the molecule is Cc1ccccc1CN(C)Cc1ccc(N)c([N+](=O)[O-])c1. The molecule has 110 valence electrons. The number of aryl methyl sites for hydroxylation is 1. The molecule has 0 unspecified atom stereocenters. The summed E-state index contributed by atoms with van der Waals surface area (Å²) in [5, 5.41) is 10.9. The summed E-state index contributed by atoms with van der Waals surface area (Å²) in [7, 11) is 1.99. The molecule has 0 aromatic heterocycles. The third-order valence-electron chi connectivity index (χ3n) is 3.45. The molecule has 2 N–H and O–H groups in total. The Balaban J connectivity index is 2.09. The predicted molar refractivity (Wildman–Crippen MR) is 83.9 cm³/mol. The molecule has 0 bridgehead atoms. The van der Waals surface area contributed by atoms with Gasteiger partial charge in [0.25, 0.3) is 5.69 Å². The average molecular weight is 285 g/mol. The lowest BCUT2D eigenvalue weighted by atomic mass is 10.1. The van der Waals surface area contributed by atoms with Gasteiger partial charge in [0, 0.05) is 19.2 Å². The van der Waals surface area contributed by atoms with E-state index in [9.17, 15) is 10.1 Å². The lowest BCUT2D eigenvalue weighted by Gasteiger charge is -2.18. The zero-order chi connectivity index (χ0) is 15.4. The number of anilines is 1. The first-order valence-electron chi connectivity index (χ1n) is 6.73. The van der Waals surface area contributed by atoms with Crippen LogP contribution in [0.2, 0.25) is 0 Å². The molecule has 0 saturated heterocycles. The first-order chi connectivity index (χ1) is 9.97. The molecule has 0 heterocycles. The van der Waals surface area contributed by atoms with Gasteiger partial charge in [-0.15, -0.1) is 0 Å². The zero-order valence-corrected chi connectivity index (χ0v) is 12.2. The summed E-state index contributed by atoms with van der Waals surface area (Å²) in [5.41, 5.74) is 9.16. The van der Waals surface area contributed by atoms with Crippen molar-refractivity contribution in [1.82, 2.24) is 4.90 Å². The van der Waals surface area contributed by atoms with E-state index in [1.165, 1.54) is 11.1 Å². The van der Waals surface area contributed by atoms with Gasteiger partial charge >= 0.3 is 0 Å². The fourth-order valence-electron chi connectivity index (χ4n) is 2.29. The normalized spacial score (nSPS) is 10.8. The smallest absolute Gasteiger partial charge is 0.292 e. The van der Waals surface area contributed by atoms with Crippen LogP contribution in [0, 0.1) is 17.0 Å². The number of benzene rings is 2. The highest BCUT2D eigenvalue weighted by Gasteiger charge is 2.13. The van der Waals surface area contributed by atoms with Gasteiger partial charge < -0.3 is 5.73 Å². The second kappa shape index (κ2) is 6.37. The predicted octanol–water partition coefficient (Wildman–Crippen LogP) is 3.12. The largest absolute Gasteiger partial charge is 0.393 e. The molecule has 2 aromatic carbocycles. The Morgan fingerprint density at radius 1 is 1.19 bits per heavy atom. The minimum atomic E-state index is -0.444. The quantitative estimate of drug-likeness (QED) is 0.520. The lowest BCUT2D eigenvalue weighted by molar-refractivity contribution is -0.384. The molecule has 21 heavy (non-hydrogen) atoms. The molecule has 2 aromatic rings. The van der Waals surface area contributed by atoms with Crippen LogP contribution in [-0.2, 0) is 13.1 Å². The highest BCUT2D eigenvalue weighted by atomic mass is 16.6. The van der Waals surface area contributed by atoms with Crippen molar-refractivity contribution in [2.75, 3.05) is 12.8 Å². The summed E-state index contributed by atoms with van der Waals surface area (Å²) in [5.74, 6) is 0. The number of nitrogen functional groups attached to an aromatic ring is 1. The zero-order valence-electron chi connectivity index (χ0n) is 12.2. The Bertz CT molecular complexity index is 656.